The van der Waals surface area contributed by atoms with Crippen molar-refractivity contribution < 1.29 is 14.3 Å². The van der Waals surface area contributed by atoms with Gasteiger partial charge in [-0.1, -0.05) is 0 Å². The second-order valence-corrected chi connectivity index (χ2v) is 6.64. The molecule has 27 heavy (non-hydrogen) atoms. The van der Waals surface area contributed by atoms with Crippen LogP contribution in [0, 0.1) is 11.3 Å². The van der Waals surface area contributed by atoms with E-state index in [0.717, 1.165) is 45.6 Å². The van der Waals surface area contributed by atoms with Gasteiger partial charge in [-0.15, -0.1) is 0 Å². The zero-order valence-corrected chi connectivity index (χ0v) is 16.0. The van der Waals surface area contributed by atoms with Gasteiger partial charge in [0.1, 0.15) is 11.6 Å². The van der Waals surface area contributed by atoms with E-state index in [9.17, 15) is 14.9 Å². The van der Waals surface area contributed by atoms with Crippen molar-refractivity contribution in [2.24, 2.45) is 0 Å². The lowest BCUT2D eigenvalue weighted by molar-refractivity contribution is -0.117. The van der Waals surface area contributed by atoms with E-state index >= 15 is 0 Å². The van der Waals surface area contributed by atoms with Crippen molar-refractivity contribution in [1.82, 2.24) is 25.8 Å². The quantitative estimate of drug-likeness (QED) is 0.409. The first kappa shape index (κ1) is 21.0. The number of nitriles is 1. The Morgan fingerprint density at radius 2 is 1.96 bits per heavy atom. The molecule has 0 atom stereocenters. The summed E-state index contributed by atoms with van der Waals surface area (Å²) >= 11 is 0. The topological polar surface area (TPSA) is 110 Å². The molecule has 2 aliphatic rings. The maximum Gasteiger partial charge on any atom is 0.409 e. The molecule has 0 radical (unpaired) electrons. The van der Waals surface area contributed by atoms with Crippen LogP contribution in [0.1, 0.15) is 19.8 Å². The highest BCUT2D eigenvalue weighted by Gasteiger charge is 2.23. The largest absolute Gasteiger partial charge is 0.450 e. The standard InChI is InChI=1S/C18H30N6O3/c1-2-27-18(26)24-8-3-16(4-9-24)22-14-15(13-19)17(25)21-7-12-23-10-5-20-6-11-23/h14,16,20,22H,2-12H2,1H3,(H,21,25)/b15-14-. The molecule has 2 rings (SSSR count). The first-order valence-corrected chi connectivity index (χ1v) is 9.63. The van der Waals surface area contributed by atoms with Gasteiger partial charge in [-0.2, -0.15) is 5.26 Å². The molecule has 0 aromatic rings. The Hall–Kier alpha value is -2.31. The second-order valence-electron chi connectivity index (χ2n) is 6.64. The molecule has 9 heteroatoms. The summed E-state index contributed by atoms with van der Waals surface area (Å²) in [5.41, 5.74) is 0.0723. The van der Waals surface area contributed by atoms with Crippen molar-refractivity contribution in [2.75, 3.05) is 59.0 Å². The summed E-state index contributed by atoms with van der Waals surface area (Å²) in [4.78, 5) is 27.8. The third-order valence-electron chi connectivity index (χ3n) is 4.77. The van der Waals surface area contributed by atoms with Gasteiger partial charge in [0, 0.05) is 64.6 Å². The molecule has 2 saturated heterocycles. The van der Waals surface area contributed by atoms with Crippen molar-refractivity contribution >= 4 is 12.0 Å². The molecule has 0 bridgehead atoms. The first-order chi connectivity index (χ1) is 13.1. The number of piperidine rings is 1. The van der Waals surface area contributed by atoms with Gasteiger partial charge >= 0.3 is 6.09 Å². The van der Waals surface area contributed by atoms with Gasteiger partial charge in [-0.25, -0.2) is 4.79 Å². The summed E-state index contributed by atoms with van der Waals surface area (Å²) in [7, 11) is 0. The molecule has 2 amide bonds. The number of piperazine rings is 1. The van der Waals surface area contributed by atoms with E-state index in [1.54, 1.807) is 11.8 Å². The van der Waals surface area contributed by atoms with Crippen molar-refractivity contribution in [1.29, 1.82) is 5.26 Å². The van der Waals surface area contributed by atoms with Crippen molar-refractivity contribution in [3.63, 3.8) is 0 Å². The van der Waals surface area contributed by atoms with Crippen LogP contribution in [0.15, 0.2) is 11.8 Å². The zero-order valence-electron chi connectivity index (χ0n) is 16.0. The summed E-state index contributed by atoms with van der Waals surface area (Å²) in [6, 6.07) is 2.08. The highest BCUT2D eigenvalue weighted by atomic mass is 16.6. The van der Waals surface area contributed by atoms with E-state index < -0.39 is 0 Å². The van der Waals surface area contributed by atoms with E-state index in [1.165, 1.54) is 6.20 Å². The fourth-order valence-corrected chi connectivity index (χ4v) is 3.15. The number of nitrogens with one attached hydrogen (secondary N) is 3. The Labute approximate surface area is 160 Å². The summed E-state index contributed by atoms with van der Waals surface area (Å²) in [6.07, 6.45) is 2.70. The minimum absolute atomic E-state index is 0.0723. The van der Waals surface area contributed by atoms with Crippen LogP contribution in [0.3, 0.4) is 0 Å². The molecule has 2 fully saturated rings. The van der Waals surface area contributed by atoms with Gasteiger partial charge in [-0.05, 0) is 19.8 Å². The van der Waals surface area contributed by atoms with Crippen molar-refractivity contribution in [3.8, 4) is 6.07 Å². The predicted octanol–water partition coefficient (Wildman–Crippen LogP) is -0.374. The Morgan fingerprint density at radius 1 is 1.26 bits per heavy atom. The second kappa shape index (κ2) is 11.4. The fraction of sp³-hybridized carbons (Fsp3) is 0.722. The molecule has 0 aromatic heterocycles. The Kier molecular flexibility index (Phi) is 8.87. The molecule has 150 valence electrons. The average Bonchev–Trinajstić information content (AvgIpc) is 2.70. The van der Waals surface area contributed by atoms with E-state index in [2.05, 4.69) is 20.9 Å². The third-order valence-corrected chi connectivity index (χ3v) is 4.77. The van der Waals surface area contributed by atoms with Crippen LogP contribution in [-0.4, -0.2) is 86.8 Å². The molecular formula is C18H30N6O3. The predicted molar refractivity (Wildman–Crippen MR) is 101 cm³/mol. The molecule has 2 heterocycles. The summed E-state index contributed by atoms with van der Waals surface area (Å²) in [5.74, 6) is -0.357. The molecule has 0 spiro atoms. The van der Waals surface area contributed by atoms with Crippen LogP contribution in [0.5, 0.6) is 0 Å². The molecule has 2 aliphatic heterocycles. The molecule has 0 saturated carbocycles. The Bertz CT molecular complexity index is 560. The molecule has 0 unspecified atom stereocenters. The maximum absolute atomic E-state index is 12.2. The van der Waals surface area contributed by atoms with Crippen molar-refractivity contribution in [2.45, 2.75) is 25.8 Å². The average molecular weight is 378 g/mol. The number of amides is 2. The summed E-state index contributed by atoms with van der Waals surface area (Å²) in [6.45, 7) is 8.55. The number of carbonyl (C=O) groups is 2. The SMILES string of the molecule is CCOC(=O)N1CCC(N/C=C(/C#N)C(=O)NCCN2CCNCC2)CC1. The first-order valence-electron chi connectivity index (χ1n) is 9.63. The fourth-order valence-electron chi connectivity index (χ4n) is 3.15. The molecular weight excluding hydrogens is 348 g/mol. The van der Waals surface area contributed by atoms with Crippen molar-refractivity contribution in [3.05, 3.63) is 11.8 Å². The number of nitrogens with zero attached hydrogens (tertiary/aromatic N) is 3. The van der Waals surface area contributed by atoms with E-state index in [0.29, 0.717) is 26.2 Å². The Balaban J connectivity index is 1.70. The van der Waals surface area contributed by atoms with Crippen LogP contribution < -0.4 is 16.0 Å². The van der Waals surface area contributed by atoms with Crippen LogP contribution in [0.4, 0.5) is 4.79 Å². The van der Waals surface area contributed by atoms with Gasteiger partial charge in [0.2, 0.25) is 0 Å². The number of hydrogen-bond acceptors (Lipinski definition) is 7. The highest BCUT2D eigenvalue weighted by molar-refractivity contribution is 5.97. The lowest BCUT2D eigenvalue weighted by atomic mass is 10.1. The number of hydrogen-bond donors (Lipinski definition) is 3. The zero-order chi connectivity index (χ0) is 19.5. The van der Waals surface area contributed by atoms with E-state index in [1.807, 2.05) is 6.07 Å². The van der Waals surface area contributed by atoms with Crippen LogP contribution in [0.2, 0.25) is 0 Å². The Morgan fingerprint density at radius 3 is 2.59 bits per heavy atom. The lowest BCUT2D eigenvalue weighted by Gasteiger charge is -2.31. The number of rotatable bonds is 7. The van der Waals surface area contributed by atoms with Gasteiger partial charge in [-0.3, -0.25) is 9.69 Å². The summed E-state index contributed by atoms with van der Waals surface area (Å²) in [5, 5.41) is 18.5. The third kappa shape index (κ3) is 7.07. The smallest absolute Gasteiger partial charge is 0.409 e. The number of carbonyl (C=O) groups excluding carboxylic acids is 2. The maximum atomic E-state index is 12.2. The van der Waals surface area contributed by atoms with E-state index in [-0.39, 0.29) is 23.6 Å². The monoisotopic (exact) mass is 378 g/mol. The molecule has 0 aromatic carbocycles. The van der Waals surface area contributed by atoms with Gasteiger partial charge in [0.15, 0.2) is 0 Å². The molecule has 0 aliphatic carbocycles. The molecule has 3 N–H and O–H groups in total. The minimum atomic E-state index is -0.357. The van der Waals surface area contributed by atoms with Gasteiger partial charge in [0.05, 0.1) is 6.61 Å². The van der Waals surface area contributed by atoms with Crippen LogP contribution >= 0.6 is 0 Å². The van der Waals surface area contributed by atoms with Crippen LogP contribution in [0.25, 0.3) is 0 Å². The molecule has 9 nitrogen and oxygen atoms in total. The highest BCUT2D eigenvalue weighted by Crippen LogP contribution is 2.11. The number of likely N-dealkylation sites (tertiary alicyclic amines) is 1. The minimum Gasteiger partial charge on any atom is -0.450 e. The normalized spacial score (nSPS) is 19.3. The van der Waals surface area contributed by atoms with Gasteiger partial charge < -0.3 is 25.6 Å². The van der Waals surface area contributed by atoms with Crippen LogP contribution in [-0.2, 0) is 9.53 Å². The van der Waals surface area contributed by atoms with E-state index in [4.69, 9.17) is 4.74 Å². The lowest BCUT2D eigenvalue weighted by Crippen LogP contribution is -2.46. The summed E-state index contributed by atoms with van der Waals surface area (Å²) < 4.78 is 5.00. The van der Waals surface area contributed by atoms with Gasteiger partial charge in [0.25, 0.3) is 5.91 Å². The number of ether oxygens (including phenoxy) is 1.